The lowest BCUT2D eigenvalue weighted by atomic mass is 9.85. The van der Waals surface area contributed by atoms with Crippen LogP contribution >= 0.6 is 23.2 Å². The topological polar surface area (TPSA) is 36.0 Å². The molecule has 0 saturated heterocycles. The molecular weight excluding hydrogens is 245 g/mol. The maximum absolute atomic E-state index is 9.40. The molecule has 1 heterocycles. The number of nitrogens with one attached hydrogen (secondary N) is 1. The molecule has 0 amide bonds. The molecule has 0 aliphatic rings. The van der Waals surface area contributed by atoms with E-state index in [1.54, 1.807) is 12.1 Å². The Kier molecular flexibility index (Phi) is 2.91. The second-order valence-corrected chi connectivity index (χ2v) is 5.34. The second-order valence-electron chi connectivity index (χ2n) is 4.52. The van der Waals surface area contributed by atoms with Crippen molar-refractivity contribution in [3.05, 3.63) is 33.9 Å². The van der Waals surface area contributed by atoms with Crippen molar-refractivity contribution in [2.75, 3.05) is 6.61 Å². The fourth-order valence-electron chi connectivity index (χ4n) is 1.79. The standard InChI is InChI=1S/C12H13Cl2NO/c1-12(2,6-16)7-5-15-11-9(14)4-3-8(13)10(7)11/h3-5,15-16H,6H2,1-2H3. The van der Waals surface area contributed by atoms with Gasteiger partial charge in [-0.1, -0.05) is 37.0 Å². The minimum Gasteiger partial charge on any atom is -0.395 e. The Morgan fingerprint density at radius 3 is 2.50 bits per heavy atom. The molecule has 86 valence electrons. The number of aliphatic hydroxyl groups excluding tert-OH is 1. The monoisotopic (exact) mass is 257 g/mol. The van der Waals surface area contributed by atoms with Crippen LogP contribution in [-0.4, -0.2) is 16.7 Å². The predicted octanol–water partition coefficient (Wildman–Crippen LogP) is 3.74. The molecule has 0 radical (unpaired) electrons. The Labute approximate surface area is 104 Å². The van der Waals surface area contributed by atoms with Crippen LogP contribution in [-0.2, 0) is 5.41 Å². The van der Waals surface area contributed by atoms with Gasteiger partial charge in [-0.2, -0.15) is 0 Å². The molecule has 4 heteroatoms. The van der Waals surface area contributed by atoms with E-state index in [1.165, 1.54) is 0 Å². The van der Waals surface area contributed by atoms with Gasteiger partial charge < -0.3 is 10.1 Å². The van der Waals surface area contributed by atoms with Crippen LogP contribution in [0.2, 0.25) is 10.0 Å². The quantitative estimate of drug-likeness (QED) is 0.845. The number of aromatic nitrogens is 1. The highest BCUT2D eigenvalue weighted by Crippen LogP contribution is 2.37. The first-order valence-electron chi connectivity index (χ1n) is 5.04. The van der Waals surface area contributed by atoms with E-state index in [1.807, 2.05) is 20.0 Å². The van der Waals surface area contributed by atoms with Gasteiger partial charge in [0.25, 0.3) is 0 Å². The summed E-state index contributed by atoms with van der Waals surface area (Å²) in [5.41, 5.74) is 1.47. The molecule has 2 N–H and O–H groups in total. The zero-order valence-electron chi connectivity index (χ0n) is 9.14. The summed E-state index contributed by atoms with van der Waals surface area (Å²) in [5, 5.41) is 11.6. The molecule has 0 aliphatic carbocycles. The third-order valence-electron chi connectivity index (χ3n) is 2.86. The van der Waals surface area contributed by atoms with Gasteiger partial charge in [-0.05, 0) is 17.7 Å². The number of benzene rings is 1. The summed E-state index contributed by atoms with van der Waals surface area (Å²) in [7, 11) is 0. The summed E-state index contributed by atoms with van der Waals surface area (Å²) in [6.07, 6.45) is 1.86. The number of H-pyrrole nitrogens is 1. The number of halogens is 2. The Balaban J connectivity index is 2.79. The Morgan fingerprint density at radius 2 is 1.88 bits per heavy atom. The van der Waals surface area contributed by atoms with Gasteiger partial charge >= 0.3 is 0 Å². The lowest BCUT2D eigenvalue weighted by Crippen LogP contribution is -2.21. The van der Waals surface area contributed by atoms with Crippen molar-refractivity contribution in [2.24, 2.45) is 0 Å². The summed E-state index contributed by atoms with van der Waals surface area (Å²) in [5.74, 6) is 0. The highest BCUT2D eigenvalue weighted by atomic mass is 35.5. The maximum Gasteiger partial charge on any atom is 0.0661 e. The first kappa shape index (κ1) is 11.8. The van der Waals surface area contributed by atoms with Crippen LogP contribution < -0.4 is 0 Å². The second kappa shape index (κ2) is 3.95. The number of aromatic amines is 1. The van der Waals surface area contributed by atoms with Gasteiger partial charge in [0, 0.05) is 17.0 Å². The lowest BCUT2D eigenvalue weighted by Gasteiger charge is -2.21. The van der Waals surface area contributed by atoms with Crippen LogP contribution in [0.3, 0.4) is 0 Å². The van der Waals surface area contributed by atoms with E-state index >= 15 is 0 Å². The summed E-state index contributed by atoms with van der Waals surface area (Å²) in [4.78, 5) is 3.11. The molecule has 2 nitrogen and oxygen atoms in total. The van der Waals surface area contributed by atoms with Crippen LogP contribution in [0.1, 0.15) is 19.4 Å². The highest BCUT2D eigenvalue weighted by molar-refractivity contribution is 6.40. The number of hydrogen-bond acceptors (Lipinski definition) is 1. The molecule has 0 spiro atoms. The number of hydrogen-bond donors (Lipinski definition) is 2. The van der Waals surface area contributed by atoms with E-state index in [-0.39, 0.29) is 12.0 Å². The van der Waals surface area contributed by atoms with Crippen molar-refractivity contribution in [2.45, 2.75) is 19.3 Å². The molecule has 0 saturated carbocycles. The van der Waals surface area contributed by atoms with Gasteiger partial charge in [0.1, 0.15) is 0 Å². The molecule has 2 aromatic rings. The number of fused-ring (bicyclic) bond motifs is 1. The van der Waals surface area contributed by atoms with Gasteiger partial charge in [0.15, 0.2) is 0 Å². The molecular formula is C12H13Cl2NO. The Hall–Kier alpha value is -0.700. The fraction of sp³-hybridized carbons (Fsp3) is 0.333. The van der Waals surface area contributed by atoms with Gasteiger partial charge in [-0.15, -0.1) is 0 Å². The lowest BCUT2D eigenvalue weighted by molar-refractivity contribution is 0.219. The fourth-order valence-corrected chi connectivity index (χ4v) is 2.26. The van der Waals surface area contributed by atoms with E-state index in [9.17, 15) is 5.11 Å². The average molecular weight is 258 g/mol. The van der Waals surface area contributed by atoms with Gasteiger partial charge in [-0.25, -0.2) is 0 Å². The highest BCUT2D eigenvalue weighted by Gasteiger charge is 2.24. The van der Waals surface area contributed by atoms with Crippen LogP contribution in [0, 0.1) is 0 Å². The van der Waals surface area contributed by atoms with Crippen molar-refractivity contribution in [3.8, 4) is 0 Å². The minimum absolute atomic E-state index is 0.0583. The van der Waals surface area contributed by atoms with Crippen LogP contribution in [0.5, 0.6) is 0 Å². The van der Waals surface area contributed by atoms with E-state index in [2.05, 4.69) is 4.98 Å². The van der Waals surface area contributed by atoms with Crippen LogP contribution in [0.25, 0.3) is 10.9 Å². The molecule has 0 fully saturated rings. The molecule has 0 aliphatic heterocycles. The van der Waals surface area contributed by atoms with Crippen molar-refractivity contribution >= 4 is 34.1 Å². The number of rotatable bonds is 2. The third kappa shape index (κ3) is 1.71. The van der Waals surface area contributed by atoms with Crippen molar-refractivity contribution in [1.82, 2.24) is 4.98 Å². The first-order valence-corrected chi connectivity index (χ1v) is 5.79. The normalized spacial score (nSPS) is 12.3. The summed E-state index contributed by atoms with van der Waals surface area (Å²) in [6, 6.07) is 3.54. The summed E-state index contributed by atoms with van der Waals surface area (Å²) >= 11 is 12.3. The summed E-state index contributed by atoms with van der Waals surface area (Å²) in [6.45, 7) is 3.99. The minimum atomic E-state index is -0.341. The molecule has 0 atom stereocenters. The smallest absolute Gasteiger partial charge is 0.0661 e. The molecule has 2 rings (SSSR count). The molecule has 0 unspecified atom stereocenters. The Bertz CT molecular complexity index is 531. The van der Waals surface area contributed by atoms with Gasteiger partial charge in [0.2, 0.25) is 0 Å². The van der Waals surface area contributed by atoms with Crippen LogP contribution in [0.15, 0.2) is 18.3 Å². The van der Waals surface area contributed by atoms with Crippen molar-refractivity contribution in [3.63, 3.8) is 0 Å². The number of aliphatic hydroxyl groups is 1. The van der Waals surface area contributed by atoms with E-state index < -0.39 is 0 Å². The molecule has 16 heavy (non-hydrogen) atoms. The van der Waals surface area contributed by atoms with E-state index in [0.29, 0.717) is 10.0 Å². The summed E-state index contributed by atoms with van der Waals surface area (Å²) < 4.78 is 0. The van der Waals surface area contributed by atoms with E-state index in [0.717, 1.165) is 16.5 Å². The van der Waals surface area contributed by atoms with Gasteiger partial charge in [-0.3, -0.25) is 0 Å². The largest absolute Gasteiger partial charge is 0.395 e. The van der Waals surface area contributed by atoms with Crippen LogP contribution in [0.4, 0.5) is 0 Å². The SMILES string of the molecule is CC(C)(CO)c1c[nH]c2c(Cl)ccc(Cl)c12. The van der Waals surface area contributed by atoms with Crippen molar-refractivity contribution in [1.29, 1.82) is 0 Å². The zero-order chi connectivity index (χ0) is 11.9. The van der Waals surface area contributed by atoms with Gasteiger partial charge in [0.05, 0.1) is 22.2 Å². The van der Waals surface area contributed by atoms with E-state index in [4.69, 9.17) is 23.2 Å². The maximum atomic E-state index is 9.40. The third-order valence-corrected chi connectivity index (χ3v) is 3.49. The molecule has 1 aromatic carbocycles. The first-order chi connectivity index (χ1) is 7.47. The predicted molar refractivity (Wildman–Crippen MR) is 68.4 cm³/mol. The molecule has 0 bridgehead atoms. The average Bonchev–Trinajstić information content (AvgIpc) is 2.70. The van der Waals surface area contributed by atoms with Crippen molar-refractivity contribution < 1.29 is 5.11 Å². The molecule has 1 aromatic heterocycles. The Morgan fingerprint density at radius 1 is 1.25 bits per heavy atom. The zero-order valence-corrected chi connectivity index (χ0v) is 10.7.